The highest BCUT2D eigenvalue weighted by molar-refractivity contribution is 5.78. The number of aromatic nitrogens is 2. The number of amides is 1. The first-order chi connectivity index (χ1) is 8.43. The number of carbonyl (C=O) groups excluding carboxylic acids is 1. The molecule has 1 aromatic heterocycles. The van der Waals surface area contributed by atoms with Crippen LogP contribution in [-0.4, -0.2) is 33.6 Å². The minimum atomic E-state index is -0.133. The van der Waals surface area contributed by atoms with Gasteiger partial charge < -0.3 is 15.2 Å². The molecule has 0 bridgehead atoms. The van der Waals surface area contributed by atoms with Gasteiger partial charge in [0.1, 0.15) is 0 Å². The highest BCUT2D eigenvalue weighted by atomic mass is 16.2. The molecule has 0 saturated carbocycles. The van der Waals surface area contributed by atoms with Crippen molar-refractivity contribution < 1.29 is 4.79 Å². The van der Waals surface area contributed by atoms with Gasteiger partial charge in [0.2, 0.25) is 5.91 Å². The molecule has 0 radical (unpaired) electrons. The molecule has 0 aliphatic carbocycles. The van der Waals surface area contributed by atoms with E-state index in [0.717, 1.165) is 13.0 Å². The fraction of sp³-hybridized carbons (Fsp3) is 0.692. The molecule has 1 amide bonds. The summed E-state index contributed by atoms with van der Waals surface area (Å²) in [5, 5.41) is 6.21. The lowest BCUT2D eigenvalue weighted by molar-refractivity contribution is -0.122. The van der Waals surface area contributed by atoms with Crippen LogP contribution in [0.2, 0.25) is 0 Å². The zero-order valence-electron chi connectivity index (χ0n) is 11.7. The number of carbonyl (C=O) groups is 1. The topological polar surface area (TPSA) is 59.0 Å². The molecule has 1 unspecified atom stereocenters. The molecule has 0 spiro atoms. The van der Waals surface area contributed by atoms with Crippen LogP contribution in [0.4, 0.5) is 0 Å². The Bertz CT molecular complexity index is 359. The van der Waals surface area contributed by atoms with Gasteiger partial charge in [-0.1, -0.05) is 6.92 Å². The van der Waals surface area contributed by atoms with E-state index in [9.17, 15) is 4.79 Å². The number of nitrogens with zero attached hydrogens (tertiary/aromatic N) is 2. The van der Waals surface area contributed by atoms with E-state index in [1.54, 1.807) is 12.5 Å². The molecule has 1 heterocycles. The standard InChI is InChI=1S/C13H24N4O/c1-5-13(3,4)16-12(18)8-15-11(2)9-17-7-6-14-10-17/h6-7,10-11,15H,5,8-9H2,1-4H3,(H,16,18). The first kappa shape index (κ1) is 14.7. The summed E-state index contributed by atoms with van der Waals surface area (Å²) >= 11 is 0. The summed E-state index contributed by atoms with van der Waals surface area (Å²) in [5.74, 6) is 0.0410. The first-order valence-electron chi connectivity index (χ1n) is 6.43. The lowest BCUT2D eigenvalue weighted by Crippen LogP contribution is -2.48. The molecular weight excluding hydrogens is 228 g/mol. The Morgan fingerprint density at radius 2 is 2.22 bits per heavy atom. The summed E-state index contributed by atoms with van der Waals surface area (Å²) in [6, 6.07) is 0.231. The minimum absolute atomic E-state index is 0.0410. The Balaban J connectivity index is 2.26. The van der Waals surface area contributed by atoms with E-state index in [1.807, 2.05) is 24.6 Å². The van der Waals surface area contributed by atoms with Gasteiger partial charge in [-0.2, -0.15) is 0 Å². The van der Waals surface area contributed by atoms with Crippen LogP contribution in [0.5, 0.6) is 0 Å². The van der Waals surface area contributed by atoms with E-state index in [1.165, 1.54) is 0 Å². The fourth-order valence-corrected chi connectivity index (χ4v) is 1.55. The second-order valence-corrected chi connectivity index (χ2v) is 5.33. The molecule has 1 atom stereocenters. The van der Waals surface area contributed by atoms with E-state index >= 15 is 0 Å². The maximum Gasteiger partial charge on any atom is 0.234 e. The van der Waals surface area contributed by atoms with E-state index in [2.05, 4.69) is 29.5 Å². The molecule has 0 aliphatic heterocycles. The summed E-state index contributed by atoms with van der Waals surface area (Å²) in [6.07, 6.45) is 6.36. The molecule has 0 aliphatic rings. The Morgan fingerprint density at radius 1 is 1.50 bits per heavy atom. The average Bonchev–Trinajstić information content (AvgIpc) is 2.78. The molecule has 0 aromatic carbocycles. The third-order valence-corrected chi connectivity index (χ3v) is 3.02. The van der Waals surface area contributed by atoms with Gasteiger partial charge in [-0.05, 0) is 27.2 Å². The fourth-order valence-electron chi connectivity index (χ4n) is 1.55. The van der Waals surface area contributed by atoms with Gasteiger partial charge in [0.25, 0.3) is 0 Å². The van der Waals surface area contributed by atoms with Crippen LogP contribution in [0.1, 0.15) is 34.1 Å². The third-order valence-electron chi connectivity index (χ3n) is 3.02. The highest BCUT2D eigenvalue weighted by Gasteiger charge is 2.17. The average molecular weight is 252 g/mol. The minimum Gasteiger partial charge on any atom is -0.350 e. The molecule has 102 valence electrons. The Labute approximate surface area is 109 Å². The monoisotopic (exact) mass is 252 g/mol. The van der Waals surface area contributed by atoms with Crippen molar-refractivity contribution in [3.05, 3.63) is 18.7 Å². The predicted octanol–water partition coefficient (Wildman–Crippen LogP) is 1.17. The largest absolute Gasteiger partial charge is 0.350 e. The second-order valence-electron chi connectivity index (χ2n) is 5.33. The summed E-state index contributed by atoms with van der Waals surface area (Å²) in [6.45, 7) is 9.33. The van der Waals surface area contributed by atoms with Crippen molar-refractivity contribution in [2.45, 2.75) is 52.2 Å². The van der Waals surface area contributed by atoms with Crippen molar-refractivity contribution in [2.75, 3.05) is 6.54 Å². The van der Waals surface area contributed by atoms with E-state index in [4.69, 9.17) is 0 Å². The van der Waals surface area contributed by atoms with Gasteiger partial charge >= 0.3 is 0 Å². The van der Waals surface area contributed by atoms with Crippen LogP contribution in [0.25, 0.3) is 0 Å². The highest BCUT2D eigenvalue weighted by Crippen LogP contribution is 2.05. The number of hydrogen-bond donors (Lipinski definition) is 2. The van der Waals surface area contributed by atoms with Crippen molar-refractivity contribution in [2.24, 2.45) is 0 Å². The Kier molecular flexibility index (Phi) is 5.34. The SMILES string of the molecule is CCC(C)(C)NC(=O)CNC(C)Cn1ccnc1. The van der Waals surface area contributed by atoms with Crippen LogP contribution >= 0.6 is 0 Å². The van der Waals surface area contributed by atoms with Gasteiger partial charge in [-0.15, -0.1) is 0 Å². The summed E-state index contributed by atoms with van der Waals surface area (Å²) in [5.41, 5.74) is -0.133. The van der Waals surface area contributed by atoms with Crippen molar-refractivity contribution in [3.8, 4) is 0 Å². The van der Waals surface area contributed by atoms with Crippen LogP contribution in [0.15, 0.2) is 18.7 Å². The molecular formula is C13H24N4O. The van der Waals surface area contributed by atoms with Crippen molar-refractivity contribution >= 4 is 5.91 Å². The van der Waals surface area contributed by atoms with E-state index in [-0.39, 0.29) is 17.5 Å². The number of hydrogen-bond acceptors (Lipinski definition) is 3. The predicted molar refractivity (Wildman–Crippen MR) is 72.2 cm³/mol. The molecule has 18 heavy (non-hydrogen) atoms. The lowest BCUT2D eigenvalue weighted by Gasteiger charge is -2.25. The zero-order chi connectivity index (χ0) is 13.6. The van der Waals surface area contributed by atoms with Crippen LogP contribution in [0.3, 0.4) is 0 Å². The van der Waals surface area contributed by atoms with Crippen molar-refractivity contribution in [1.29, 1.82) is 0 Å². The van der Waals surface area contributed by atoms with Crippen molar-refractivity contribution in [1.82, 2.24) is 20.2 Å². The Hall–Kier alpha value is -1.36. The normalized spacial score (nSPS) is 13.3. The molecule has 0 fully saturated rings. The molecule has 5 nitrogen and oxygen atoms in total. The van der Waals surface area contributed by atoms with Crippen molar-refractivity contribution in [3.63, 3.8) is 0 Å². The van der Waals surface area contributed by atoms with E-state index in [0.29, 0.717) is 6.54 Å². The smallest absolute Gasteiger partial charge is 0.234 e. The van der Waals surface area contributed by atoms with Gasteiger partial charge in [0.05, 0.1) is 12.9 Å². The maximum atomic E-state index is 11.7. The first-order valence-corrected chi connectivity index (χ1v) is 6.43. The zero-order valence-corrected chi connectivity index (χ0v) is 11.7. The summed E-state index contributed by atoms with van der Waals surface area (Å²) in [7, 11) is 0. The number of rotatable bonds is 7. The van der Waals surface area contributed by atoms with Gasteiger partial charge in [0.15, 0.2) is 0 Å². The Morgan fingerprint density at radius 3 is 2.78 bits per heavy atom. The molecule has 2 N–H and O–H groups in total. The van der Waals surface area contributed by atoms with Gasteiger partial charge in [-0.25, -0.2) is 4.98 Å². The van der Waals surface area contributed by atoms with Crippen LogP contribution in [0, 0.1) is 0 Å². The molecule has 0 saturated heterocycles. The number of imidazole rings is 1. The van der Waals surface area contributed by atoms with Crippen LogP contribution < -0.4 is 10.6 Å². The van der Waals surface area contributed by atoms with Gasteiger partial charge in [-0.3, -0.25) is 4.79 Å². The van der Waals surface area contributed by atoms with Crippen LogP contribution in [-0.2, 0) is 11.3 Å². The second kappa shape index (κ2) is 6.54. The molecule has 1 rings (SSSR count). The lowest BCUT2D eigenvalue weighted by atomic mass is 10.0. The summed E-state index contributed by atoms with van der Waals surface area (Å²) in [4.78, 5) is 15.7. The summed E-state index contributed by atoms with van der Waals surface area (Å²) < 4.78 is 1.99. The quantitative estimate of drug-likeness (QED) is 0.766. The van der Waals surface area contributed by atoms with Gasteiger partial charge in [0, 0.05) is 30.5 Å². The third kappa shape index (κ3) is 5.31. The molecule has 1 aromatic rings. The number of nitrogens with one attached hydrogen (secondary N) is 2. The maximum absolute atomic E-state index is 11.7. The van der Waals surface area contributed by atoms with E-state index < -0.39 is 0 Å². The molecule has 5 heteroatoms.